The van der Waals surface area contributed by atoms with Crippen molar-refractivity contribution in [3.63, 3.8) is 0 Å². The van der Waals surface area contributed by atoms with Crippen molar-refractivity contribution in [3.8, 4) is 11.5 Å². The smallest absolute Gasteiger partial charge is 0.242 e. The van der Waals surface area contributed by atoms with Crippen molar-refractivity contribution in [1.82, 2.24) is 9.80 Å². The quantitative estimate of drug-likeness (QED) is 0.368. The lowest BCUT2D eigenvalue weighted by atomic mass is 10.1. The van der Waals surface area contributed by atoms with Gasteiger partial charge in [-0.05, 0) is 54.0 Å². The molecule has 2 amide bonds. The molecule has 3 aromatic rings. The van der Waals surface area contributed by atoms with Crippen LogP contribution in [-0.4, -0.2) is 54.2 Å². The van der Waals surface area contributed by atoms with Gasteiger partial charge in [-0.1, -0.05) is 42.5 Å². The van der Waals surface area contributed by atoms with E-state index < -0.39 is 0 Å². The standard InChI is InChI=1S/C29H32N2O5S/c32-28(13-11-22-6-2-1-3-7-22)31(18-24-8-4-14-34-24)20-29(33)30(19-25-9-5-15-37-25)17-23-10-12-26-27(16-23)36-21-35-26/h1-3,5-7,9-10,12,15-16,24H,4,8,11,13-14,17-21H2. The number of hydrogen-bond donors (Lipinski definition) is 0. The lowest BCUT2D eigenvalue weighted by Gasteiger charge is -2.29. The highest BCUT2D eigenvalue weighted by Crippen LogP contribution is 2.33. The van der Waals surface area contributed by atoms with Crippen LogP contribution in [0.15, 0.2) is 66.0 Å². The van der Waals surface area contributed by atoms with Crippen LogP contribution in [-0.2, 0) is 33.8 Å². The zero-order valence-electron chi connectivity index (χ0n) is 20.8. The summed E-state index contributed by atoms with van der Waals surface area (Å²) in [6, 6.07) is 19.7. The number of fused-ring (bicyclic) bond motifs is 1. The Balaban J connectivity index is 1.30. The van der Waals surface area contributed by atoms with Gasteiger partial charge in [-0.25, -0.2) is 0 Å². The molecule has 0 bridgehead atoms. The molecule has 1 unspecified atom stereocenters. The number of aryl methyl sites for hydroxylation is 1. The minimum Gasteiger partial charge on any atom is -0.454 e. The first-order valence-corrected chi connectivity index (χ1v) is 13.6. The first kappa shape index (κ1) is 25.3. The van der Waals surface area contributed by atoms with Crippen LogP contribution in [0.1, 0.15) is 35.3 Å². The molecule has 5 rings (SSSR count). The van der Waals surface area contributed by atoms with Crippen LogP contribution in [0.5, 0.6) is 11.5 Å². The largest absolute Gasteiger partial charge is 0.454 e. The number of benzene rings is 2. The summed E-state index contributed by atoms with van der Waals surface area (Å²) in [5, 5.41) is 2.01. The Morgan fingerprint density at radius 1 is 0.892 bits per heavy atom. The number of amides is 2. The van der Waals surface area contributed by atoms with Gasteiger partial charge in [0, 0.05) is 31.0 Å². The molecule has 1 saturated heterocycles. The number of carbonyl (C=O) groups is 2. The number of carbonyl (C=O) groups excluding carboxylic acids is 2. The van der Waals surface area contributed by atoms with Crippen molar-refractivity contribution in [2.45, 2.75) is 44.9 Å². The van der Waals surface area contributed by atoms with Gasteiger partial charge in [0.15, 0.2) is 11.5 Å². The van der Waals surface area contributed by atoms with Crippen molar-refractivity contribution < 1.29 is 23.8 Å². The maximum Gasteiger partial charge on any atom is 0.242 e. The van der Waals surface area contributed by atoms with Gasteiger partial charge in [-0.3, -0.25) is 9.59 Å². The molecule has 8 heteroatoms. The Labute approximate surface area is 221 Å². The van der Waals surface area contributed by atoms with E-state index in [0.29, 0.717) is 50.6 Å². The molecule has 37 heavy (non-hydrogen) atoms. The van der Waals surface area contributed by atoms with Crippen LogP contribution >= 0.6 is 11.3 Å². The van der Waals surface area contributed by atoms with Crippen LogP contribution in [0.25, 0.3) is 0 Å². The number of rotatable bonds is 11. The van der Waals surface area contributed by atoms with E-state index in [-0.39, 0.29) is 31.3 Å². The lowest BCUT2D eigenvalue weighted by Crippen LogP contribution is -2.45. The number of thiophene rings is 1. The number of nitrogens with zero attached hydrogens (tertiary/aromatic N) is 2. The van der Waals surface area contributed by atoms with E-state index in [9.17, 15) is 9.59 Å². The lowest BCUT2D eigenvalue weighted by molar-refractivity contribution is -0.142. The predicted molar refractivity (Wildman–Crippen MR) is 141 cm³/mol. The van der Waals surface area contributed by atoms with Crippen molar-refractivity contribution in [2.24, 2.45) is 0 Å². The van der Waals surface area contributed by atoms with Crippen LogP contribution < -0.4 is 9.47 Å². The average molecular weight is 521 g/mol. The third-order valence-corrected chi connectivity index (χ3v) is 7.55. The molecule has 0 N–H and O–H groups in total. The maximum absolute atomic E-state index is 13.7. The molecule has 2 aliphatic heterocycles. The predicted octanol–water partition coefficient (Wildman–Crippen LogP) is 4.65. The molecular formula is C29H32N2O5S. The van der Waals surface area contributed by atoms with Crippen LogP contribution in [0.4, 0.5) is 0 Å². The Bertz CT molecular complexity index is 1180. The molecule has 1 fully saturated rings. The monoisotopic (exact) mass is 520 g/mol. The zero-order valence-corrected chi connectivity index (χ0v) is 21.7. The molecule has 0 saturated carbocycles. The molecule has 3 heterocycles. The van der Waals surface area contributed by atoms with Gasteiger partial charge in [0.2, 0.25) is 18.6 Å². The minimum absolute atomic E-state index is 0.0203. The van der Waals surface area contributed by atoms with E-state index in [1.165, 1.54) is 0 Å². The highest BCUT2D eigenvalue weighted by Gasteiger charge is 2.27. The summed E-state index contributed by atoms with van der Waals surface area (Å²) in [5.41, 5.74) is 2.07. The van der Waals surface area contributed by atoms with Gasteiger partial charge >= 0.3 is 0 Å². The Morgan fingerprint density at radius 2 is 1.76 bits per heavy atom. The second-order valence-corrected chi connectivity index (χ2v) is 10.4. The van der Waals surface area contributed by atoms with Gasteiger partial charge in [-0.15, -0.1) is 11.3 Å². The fourth-order valence-corrected chi connectivity index (χ4v) is 5.41. The summed E-state index contributed by atoms with van der Waals surface area (Å²) < 4.78 is 16.8. The van der Waals surface area contributed by atoms with E-state index in [4.69, 9.17) is 14.2 Å². The van der Waals surface area contributed by atoms with Gasteiger partial charge in [-0.2, -0.15) is 0 Å². The normalized spacial score (nSPS) is 16.1. The second kappa shape index (κ2) is 12.3. The Hall–Kier alpha value is -3.36. The molecule has 7 nitrogen and oxygen atoms in total. The highest BCUT2D eigenvalue weighted by atomic mass is 32.1. The van der Waals surface area contributed by atoms with Gasteiger partial charge < -0.3 is 24.0 Å². The first-order valence-electron chi connectivity index (χ1n) is 12.8. The Morgan fingerprint density at radius 3 is 2.54 bits per heavy atom. The van der Waals surface area contributed by atoms with Crippen molar-refractivity contribution in [1.29, 1.82) is 0 Å². The van der Waals surface area contributed by atoms with E-state index in [2.05, 4.69) is 0 Å². The zero-order chi connectivity index (χ0) is 25.5. The summed E-state index contributed by atoms with van der Waals surface area (Å²) >= 11 is 1.62. The number of hydrogen-bond acceptors (Lipinski definition) is 6. The fraction of sp³-hybridized carbons (Fsp3) is 0.379. The van der Waals surface area contributed by atoms with Crippen molar-refractivity contribution >= 4 is 23.2 Å². The molecule has 194 valence electrons. The summed E-state index contributed by atoms with van der Waals surface area (Å²) in [7, 11) is 0. The number of ether oxygens (including phenoxy) is 3. The molecule has 0 aliphatic carbocycles. The Kier molecular flexibility index (Phi) is 8.38. The molecule has 0 spiro atoms. The summed E-state index contributed by atoms with van der Waals surface area (Å²) in [5.74, 6) is 1.30. The minimum atomic E-state index is -0.0860. The molecule has 2 aromatic carbocycles. The molecule has 0 radical (unpaired) electrons. The topological polar surface area (TPSA) is 68.3 Å². The van der Waals surface area contributed by atoms with Crippen LogP contribution in [0.2, 0.25) is 0 Å². The second-order valence-electron chi connectivity index (χ2n) is 9.41. The van der Waals surface area contributed by atoms with Gasteiger partial charge in [0.05, 0.1) is 19.2 Å². The molecule has 2 aliphatic rings. The molecular weight excluding hydrogens is 488 g/mol. The van der Waals surface area contributed by atoms with E-state index >= 15 is 0 Å². The summed E-state index contributed by atoms with van der Waals surface area (Å²) in [6.07, 6.45) is 2.88. The third kappa shape index (κ3) is 6.90. The molecule has 1 atom stereocenters. The average Bonchev–Trinajstić information content (AvgIpc) is 3.70. The first-order chi connectivity index (χ1) is 18.1. The van der Waals surface area contributed by atoms with Crippen molar-refractivity contribution in [3.05, 3.63) is 82.0 Å². The summed E-state index contributed by atoms with van der Waals surface area (Å²) in [4.78, 5) is 31.7. The summed E-state index contributed by atoms with van der Waals surface area (Å²) in [6.45, 7) is 2.29. The van der Waals surface area contributed by atoms with Crippen LogP contribution in [0.3, 0.4) is 0 Å². The van der Waals surface area contributed by atoms with E-state index in [0.717, 1.165) is 28.8 Å². The van der Waals surface area contributed by atoms with Gasteiger partial charge in [0.1, 0.15) is 0 Å². The molecule has 1 aromatic heterocycles. The maximum atomic E-state index is 13.7. The van der Waals surface area contributed by atoms with E-state index in [1.54, 1.807) is 16.2 Å². The highest BCUT2D eigenvalue weighted by molar-refractivity contribution is 7.09. The van der Waals surface area contributed by atoms with Gasteiger partial charge in [0.25, 0.3) is 0 Å². The fourth-order valence-electron chi connectivity index (χ4n) is 4.69. The SMILES string of the molecule is O=C(CN(CC1CCCO1)C(=O)CCc1ccccc1)N(Cc1ccc2c(c1)OCO2)Cc1cccs1. The third-order valence-electron chi connectivity index (χ3n) is 6.69. The van der Waals surface area contributed by atoms with Crippen molar-refractivity contribution in [2.75, 3.05) is 26.5 Å². The van der Waals surface area contributed by atoms with Crippen LogP contribution in [0, 0.1) is 0 Å². The van der Waals surface area contributed by atoms with E-state index in [1.807, 2.05) is 70.9 Å².